The molecule has 170 valence electrons. The molecule has 0 spiro atoms. The van der Waals surface area contributed by atoms with Crippen molar-refractivity contribution in [3.05, 3.63) is 47.5 Å². The van der Waals surface area contributed by atoms with Crippen LogP contribution >= 0.6 is 0 Å². The van der Waals surface area contributed by atoms with E-state index in [0.29, 0.717) is 30.3 Å². The van der Waals surface area contributed by atoms with E-state index in [-0.39, 0.29) is 5.75 Å². The smallest absolute Gasteiger partial charge is 0.225 e. The molecular weight excluding hydrogens is 402 g/mol. The first kappa shape index (κ1) is 22.1. The number of fused-ring (bicyclic) bond motifs is 1. The number of nitrogens with zero attached hydrogens (tertiary/aromatic N) is 3. The number of para-hydroxylation sites is 1. The predicted molar refractivity (Wildman–Crippen MR) is 130 cm³/mol. The van der Waals surface area contributed by atoms with Gasteiger partial charge in [-0.05, 0) is 56.4 Å². The second-order valence-electron chi connectivity index (χ2n) is 8.83. The van der Waals surface area contributed by atoms with Gasteiger partial charge in [0.15, 0.2) is 11.5 Å². The van der Waals surface area contributed by atoms with Gasteiger partial charge in [-0.25, -0.2) is 4.98 Å². The first-order valence-electron chi connectivity index (χ1n) is 11.2. The topological polar surface area (TPSA) is 82.5 Å². The average molecular weight is 436 g/mol. The Labute approximate surface area is 189 Å². The summed E-state index contributed by atoms with van der Waals surface area (Å²) < 4.78 is 5.28. The molecule has 0 radical (unpaired) electrons. The molecular formula is C25H33N5O2. The number of aryl methyl sites for hydroxylation is 1. The molecule has 3 aromatic rings. The standard InChI is InChI=1S/C25H33N5O2/c1-16-13-17(23(31)22(14-16)32-4)15-26-18-9-11-19(12-10-18)27-25-28-21-8-6-5-7-20(21)24(29-25)30(2)3/h5-8,13-14,18-19,26,31H,9-12,15H2,1-4H3,(H,27,28,29). The summed E-state index contributed by atoms with van der Waals surface area (Å²) in [6.45, 7) is 2.64. The number of aromatic hydroxyl groups is 1. The Bertz CT molecular complexity index is 1080. The minimum atomic E-state index is 0.228. The van der Waals surface area contributed by atoms with E-state index in [4.69, 9.17) is 14.7 Å². The Hall–Kier alpha value is -3.06. The summed E-state index contributed by atoms with van der Waals surface area (Å²) in [5, 5.41) is 18.6. The number of nitrogens with one attached hydrogen (secondary N) is 2. The van der Waals surface area contributed by atoms with Crippen LogP contribution in [0.15, 0.2) is 36.4 Å². The fourth-order valence-electron chi connectivity index (χ4n) is 4.45. The van der Waals surface area contributed by atoms with Gasteiger partial charge < -0.3 is 25.4 Å². The van der Waals surface area contributed by atoms with Gasteiger partial charge in [-0.15, -0.1) is 0 Å². The van der Waals surface area contributed by atoms with E-state index in [0.717, 1.165) is 53.5 Å². The number of hydrogen-bond acceptors (Lipinski definition) is 7. The van der Waals surface area contributed by atoms with Gasteiger partial charge in [0.05, 0.1) is 12.6 Å². The molecule has 0 saturated heterocycles. The normalized spacial score (nSPS) is 18.5. The van der Waals surface area contributed by atoms with Crippen LogP contribution in [0.5, 0.6) is 11.5 Å². The van der Waals surface area contributed by atoms with Crippen LogP contribution in [0.3, 0.4) is 0 Å². The lowest BCUT2D eigenvalue weighted by atomic mass is 9.91. The number of anilines is 2. The molecule has 0 unspecified atom stereocenters. The molecule has 1 aromatic heterocycles. The Morgan fingerprint density at radius 1 is 1.06 bits per heavy atom. The number of rotatable bonds is 7. The van der Waals surface area contributed by atoms with E-state index in [9.17, 15) is 5.11 Å². The number of aromatic nitrogens is 2. The van der Waals surface area contributed by atoms with Gasteiger partial charge >= 0.3 is 0 Å². The van der Waals surface area contributed by atoms with E-state index in [1.165, 1.54) is 0 Å². The monoisotopic (exact) mass is 435 g/mol. The van der Waals surface area contributed by atoms with Gasteiger partial charge in [0, 0.05) is 43.7 Å². The zero-order valence-corrected chi connectivity index (χ0v) is 19.4. The number of methoxy groups -OCH3 is 1. The molecule has 32 heavy (non-hydrogen) atoms. The van der Waals surface area contributed by atoms with Crippen LogP contribution in [0.1, 0.15) is 36.8 Å². The van der Waals surface area contributed by atoms with E-state index in [2.05, 4.69) is 16.7 Å². The number of benzene rings is 2. The fraction of sp³-hybridized carbons (Fsp3) is 0.440. The third kappa shape index (κ3) is 4.88. The second-order valence-corrected chi connectivity index (χ2v) is 8.83. The maximum absolute atomic E-state index is 10.4. The maximum Gasteiger partial charge on any atom is 0.225 e. The quantitative estimate of drug-likeness (QED) is 0.512. The number of phenols is 1. The highest BCUT2D eigenvalue weighted by molar-refractivity contribution is 5.90. The number of hydrogen-bond donors (Lipinski definition) is 3. The second kappa shape index (κ2) is 9.61. The van der Waals surface area contributed by atoms with Crippen LogP contribution < -0.4 is 20.3 Å². The maximum atomic E-state index is 10.4. The van der Waals surface area contributed by atoms with E-state index < -0.39 is 0 Å². The molecule has 1 aliphatic carbocycles. The van der Waals surface area contributed by atoms with Crippen LogP contribution in [0.25, 0.3) is 10.9 Å². The molecule has 0 amide bonds. The summed E-state index contributed by atoms with van der Waals surface area (Å²) in [5.74, 6) is 2.38. The molecule has 7 nitrogen and oxygen atoms in total. The molecule has 3 N–H and O–H groups in total. The van der Waals surface area contributed by atoms with Crippen LogP contribution in [-0.4, -0.2) is 48.4 Å². The molecule has 1 aliphatic rings. The Balaban J connectivity index is 1.35. The molecule has 1 fully saturated rings. The van der Waals surface area contributed by atoms with E-state index >= 15 is 0 Å². The zero-order chi connectivity index (χ0) is 22.7. The van der Waals surface area contributed by atoms with Gasteiger partial charge in [-0.3, -0.25) is 0 Å². The first-order chi connectivity index (χ1) is 15.4. The third-order valence-corrected chi connectivity index (χ3v) is 6.17. The predicted octanol–water partition coefficient (Wildman–Crippen LogP) is 4.23. The average Bonchev–Trinajstić information content (AvgIpc) is 2.79. The van der Waals surface area contributed by atoms with Crippen molar-refractivity contribution in [1.29, 1.82) is 0 Å². The lowest BCUT2D eigenvalue weighted by Crippen LogP contribution is -2.37. The summed E-state index contributed by atoms with van der Waals surface area (Å²) in [7, 11) is 5.61. The molecule has 4 rings (SSSR count). The van der Waals surface area contributed by atoms with Crippen molar-refractivity contribution in [2.24, 2.45) is 0 Å². The summed E-state index contributed by atoms with van der Waals surface area (Å²) in [5.41, 5.74) is 2.91. The minimum Gasteiger partial charge on any atom is -0.504 e. The lowest BCUT2D eigenvalue weighted by molar-refractivity contribution is 0.345. The van der Waals surface area contributed by atoms with Crippen molar-refractivity contribution in [1.82, 2.24) is 15.3 Å². The van der Waals surface area contributed by atoms with E-state index in [1.54, 1.807) is 7.11 Å². The zero-order valence-electron chi connectivity index (χ0n) is 19.4. The van der Waals surface area contributed by atoms with Crippen molar-refractivity contribution in [3.63, 3.8) is 0 Å². The highest BCUT2D eigenvalue weighted by Gasteiger charge is 2.22. The van der Waals surface area contributed by atoms with Crippen molar-refractivity contribution in [2.45, 2.75) is 51.2 Å². The highest BCUT2D eigenvalue weighted by atomic mass is 16.5. The van der Waals surface area contributed by atoms with Crippen molar-refractivity contribution >= 4 is 22.7 Å². The largest absolute Gasteiger partial charge is 0.504 e. The number of ether oxygens (including phenoxy) is 1. The lowest BCUT2D eigenvalue weighted by Gasteiger charge is -2.30. The number of phenolic OH excluding ortho intramolecular Hbond substituents is 1. The first-order valence-corrected chi connectivity index (χ1v) is 11.2. The fourth-order valence-corrected chi connectivity index (χ4v) is 4.45. The van der Waals surface area contributed by atoms with Crippen molar-refractivity contribution in [2.75, 3.05) is 31.4 Å². The van der Waals surface area contributed by atoms with Crippen molar-refractivity contribution in [3.8, 4) is 11.5 Å². The molecule has 0 aliphatic heterocycles. The summed E-state index contributed by atoms with van der Waals surface area (Å²) in [4.78, 5) is 11.5. The van der Waals surface area contributed by atoms with Crippen LogP contribution in [0.2, 0.25) is 0 Å². The molecule has 2 aromatic carbocycles. The molecule has 0 atom stereocenters. The third-order valence-electron chi connectivity index (χ3n) is 6.17. The SMILES string of the molecule is COc1cc(C)cc(CNC2CCC(Nc3nc(N(C)C)c4ccccc4n3)CC2)c1O. The molecule has 1 heterocycles. The van der Waals surface area contributed by atoms with Gasteiger partial charge in [-0.1, -0.05) is 18.2 Å². The Morgan fingerprint density at radius 2 is 1.78 bits per heavy atom. The van der Waals surface area contributed by atoms with E-state index in [1.807, 2.05) is 56.3 Å². The summed E-state index contributed by atoms with van der Waals surface area (Å²) >= 11 is 0. The van der Waals surface area contributed by atoms with Crippen LogP contribution in [-0.2, 0) is 6.54 Å². The van der Waals surface area contributed by atoms with Gasteiger partial charge in [0.25, 0.3) is 0 Å². The summed E-state index contributed by atoms with van der Waals surface area (Å²) in [6, 6.07) is 12.8. The molecule has 7 heteroatoms. The minimum absolute atomic E-state index is 0.228. The molecule has 1 saturated carbocycles. The van der Waals surface area contributed by atoms with Gasteiger partial charge in [0.2, 0.25) is 5.95 Å². The van der Waals surface area contributed by atoms with Crippen molar-refractivity contribution < 1.29 is 9.84 Å². The van der Waals surface area contributed by atoms with Gasteiger partial charge in [-0.2, -0.15) is 4.98 Å². The van der Waals surface area contributed by atoms with Crippen LogP contribution in [0.4, 0.5) is 11.8 Å². The van der Waals surface area contributed by atoms with Gasteiger partial charge in [0.1, 0.15) is 5.82 Å². The molecule has 0 bridgehead atoms. The Kier molecular flexibility index (Phi) is 6.65. The highest BCUT2D eigenvalue weighted by Crippen LogP contribution is 2.32. The Morgan fingerprint density at radius 3 is 2.50 bits per heavy atom. The summed E-state index contributed by atoms with van der Waals surface area (Å²) in [6.07, 6.45) is 4.23. The van der Waals surface area contributed by atoms with Crippen LogP contribution in [0, 0.1) is 6.92 Å².